The van der Waals surface area contributed by atoms with E-state index in [1.165, 1.54) is 16.9 Å². The van der Waals surface area contributed by atoms with E-state index < -0.39 is 10.8 Å². The number of benzene rings is 1. The first-order valence-corrected chi connectivity index (χ1v) is 11.5. The van der Waals surface area contributed by atoms with Crippen LogP contribution in [0, 0.1) is 10.1 Å². The van der Waals surface area contributed by atoms with Gasteiger partial charge in [-0.2, -0.15) is 9.78 Å². The molecule has 0 bridgehead atoms. The van der Waals surface area contributed by atoms with Gasteiger partial charge in [0.1, 0.15) is 16.8 Å². The topological polar surface area (TPSA) is 121 Å². The van der Waals surface area contributed by atoms with Crippen LogP contribution in [0.3, 0.4) is 0 Å². The number of anilines is 1. The maximum absolute atomic E-state index is 12.6. The summed E-state index contributed by atoms with van der Waals surface area (Å²) in [5.41, 5.74) is 0.815. The summed E-state index contributed by atoms with van der Waals surface area (Å²) in [5, 5.41) is 22.9. The van der Waals surface area contributed by atoms with Crippen molar-refractivity contribution in [3.63, 3.8) is 0 Å². The van der Waals surface area contributed by atoms with E-state index in [9.17, 15) is 14.9 Å². The molecule has 1 aromatic carbocycles. The fraction of sp³-hybridized carbons (Fsp3) is 0.105. The number of halogens is 4. The van der Waals surface area contributed by atoms with E-state index in [0.717, 1.165) is 5.56 Å². The molecule has 1 N–H and O–H groups in total. The second-order valence-corrected chi connectivity index (χ2v) is 9.29. The van der Waals surface area contributed by atoms with Gasteiger partial charge in [-0.15, -0.1) is 0 Å². The fourth-order valence-electron chi connectivity index (χ4n) is 2.89. The zero-order chi connectivity index (χ0) is 23.7. The standard InChI is InChI=1S/C19H12Br2Cl2N6O4/c20-13-8-27(6-10-1-2-11(22)5-15(10)23)25-17(13)24-19(30)16-4-3-12(33-16)7-28-9-14(21)18(26-28)29(31)32/h1-5,8-9H,6-7H2,(H,24,25,30). The molecule has 0 fully saturated rings. The highest BCUT2D eigenvalue weighted by Gasteiger charge is 2.20. The number of nitrogens with one attached hydrogen (secondary N) is 1. The average Bonchev–Trinajstić information content (AvgIpc) is 3.44. The Morgan fingerprint density at radius 3 is 2.52 bits per heavy atom. The molecular formula is C19H12Br2Cl2N6O4. The van der Waals surface area contributed by atoms with Gasteiger partial charge in [0.05, 0.1) is 22.3 Å². The molecule has 170 valence electrons. The Hall–Kier alpha value is -2.67. The molecule has 0 atom stereocenters. The van der Waals surface area contributed by atoms with Gasteiger partial charge in [-0.25, -0.2) is 0 Å². The fourth-order valence-corrected chi connectivity index (χ4v) is 4.24. The Kier molecular flexibility index (Phi) is 6.88. The Labute approximate surface area is 212 Å². The van der Waals surface area contributed by atoms with Crippen molar-refractivity contribution in [1.29, 1.82) is 0 Å². The molecule has 14 heteroatoms. The minimum absolute atomic E-state index is 0.0490. The lowest BCUT2D eigenvalue weighted by Crippen LogP contribution is -2.12. The Morgan fingerprint density at radius 2 is 1.82 bits per heavy atom. The molecule has 3 aromatic heterocycles. The number of aromatic nitrogens is 4. The Balaban J connectivity index is 1.43. The molecule has 0 spiro atoms. The van der Waals surface area contributed by atoms with E-state index in [4.69, 9.17) is 27.6 Å². The van der Waals surface area contributed by atoms with Crippen molar-refractivity contribution >= 4 is 72.6 Å². The van der Waals surface area contributed by atoms with E-state index in [1.54, 1.807) is 35.1 Å². The highest BCUT2D eigenvalue weighted by Crippen LogP contribution is 2.26. The number of amides is 1. The lowest BCUT2D eigenvalue weighted by atomic mass is 10.2. The Morgan fingerprint density at radius 1 is 1.09 bits per heavy atom. The largest absolute Gasteiger partial charge is 0.454 e. The lowest BCUT2D eigenvalue weighted by molar-refractivity contribution is -0.390. The molecule has 0 saturated carbocycles. The summed E-state index contributed by atoms with van der Waals surface area (Å²) in [5.74, 6) is -0.0705. The molecule has 3 heterocycles. The third-order valence-corrected chi connectivity index (χ3v) is 6.10. The summed E-state index contributed by atoms with van der Waals surface area (Å²) in [6, 6.07) is 8.27. The third kappa shape index (κ3) is 5.46. The second-order valence-electron chi connectivity index (χ2n) is 6.73. The van der Waals surface area contributed by atoms with Crippen LogP contribution in [0.25, 0.3) is 0 Å². The van der Waals surface area contributed by atoms with Gasteiger partial charge < -0.3 is 19.8 Å². The van der Waals surface area contributed by atoms with E-state index in [1.807, 2.05) is 0 Å². The first-order valence-electron chi connectivity index (χ1n) is 9.14. The molecule has 1 amide bonds. The maximum Gasteiger partial charge on any atom is 0.404 e. The van der Waals surface area contributed by atoms with Crippen molar-refractivity contribution < 1.29 is 14.1 Å². The zero-order valence-corrected chi connectivity index (χ0v) is 21.0. The van der Waals surface area contributed by atoms with Gasteiger partial charge >= 0.3 is 5.82 Å². The van der Waals surface area contributed by atoms with Crippen molar-refractivity contribution in [2.75, 3.05) is 5.32 Å². The molecule has 0 aliphatic rings. The van der Waals surface area contributed by atoms with E-state index in [0.29, 0.717) is 32.6 Å². The average molecular weight is 619 g/mol. The summed E-state index contributed by atoms with van der Waals surface area (Å²) in [7, 11) is 0. The summed E-state index contributed by atoms with van der Waals surface area (Å²) >= 11 is 18.6. The van der Waals surface area contributed by atoms with Crippen molar-refractivity contribution in [1.82, 2.24) is 19.6 Å². The molecule has 0 aliphatic heterocycles. The molecule has 0 radical (unpaired) electrons. The predicted molar refractivity (Wildman–Crippen MR) is 128 cm³/mol. The first-order chi connectivity index (χ1) is 15.7. The van der Waals surface area contributed by atoms with Gasteiger partial charge in [0.2, 0.25) is 0 Å². The summed E-state index contributed by atoms with van der Waals surface area (Å²) < 4.78 is 9.33. The van der Waals surface area contributed by atoms with Crippen LogP contribution in [0.5, 0.6) is 0 Å². The van der Waals surface area contributed by atoms with Gasteiger partial charge in [-0.3, -0.25) is 9.48 Å². The molecule has 4 rings (SSSR count). The molecule has 33 heavy (non-hydrogen) atoms. The molecular weight excluding hydrogens is 607 g/mol. The maximum atomic E-state index is 12.6. The van der Waals surface area contributed by atoms with Crippen LogP contribution in [0.4, 0.5) is 11.6 Å². The van der Waals surface area contributed by atoms with Crippen LogP contribution in [0.15, 0.2) is 56.1 Å². The lowest BCUT2D eigenvalue weighted by Gasteiger charge is -2.05. The molecule has 4 aromatic rings. The number of hydrogen-bond donors (Lipinski definition) is 1. The normalized spacial score (nSPS) is 11.0. The molecule has 0 aliphatic carbocycles. The van der Waals surface area contributed by atoms with Crippen LogP contribution in [0.2, 0.25) is 10.0 Å². The van der Waals surface area contributed by atoms with Gasteiger partial charge in [-0.05, 0) is 66.6 Å². The van der Waals surface area contributed by atoms with E-state index in [-0.39, 0.29) is 22.6 Å². The molecule has 10 nitrogen and oxygen atoms in total. The van der Waals surface area contributed by atoms with Gasteiger partial charge in [-0.1, -0.05) is 29.3 Å². The number of nitro groups is 1. The van der Waals surface area contributed by atoms with Crippen molar-refractivity contribution in [2.45, 2.75) is 13.1 Å². The van der Waals surface area contributed by atoms with Crippen molar-refractivity contribution in [2.24, 2.45) is 0 Å². The van der Waals surface area contributed by atoms with Crippen LogP contribution < -0.4 is 5.32 Å². The van der Waals surface area contributed by atoms with Crippen LogP contribution >= 0.6 is 55.1 Å². The number of rotatable bonds is 7. The summed E-state index contributed by atoms with van der Waals surface area (Å²) in [4.78, 5) is 22.9. The summed E-state index contributed by atoms with van der Waals surface area (Å²) in [6.07, 6.45) is 3.16. The van der Waals surface area contributed by atoms with Gasteiger partial charge in [0.15, 0.2) is 11.6 Å². The number of furan rings is 1. The van der Waals surface area contributed by atoms with Crippen LogP contribution in [-0.2, 0) is 13.1 Å². The zero-order valence-electron chi connectivity index (χ0n) is 16.3. The Bertz CT molecular complexity index is 1370. The third-order valence-electron chi connectivity index (χ3n) is 4.37. The minimum atomic E-state index is -0.598. The number of carbonyl (C=O) groups excluding carboxylic acids is 1. The van der Waals surface area contributed by atoms with E-state index >= 15 is 0 Å². The quantitative estimate of drug-likeness (QED) is 0.208. The predicted octanol–water partition coefficient (Wildman–Crippen LogP) is 5.76. The van der Waals surface area contributed by atoms with E-state index in [2.05, 4.69) is 47.4 Å². The monoisotopic (exact) mass is 616 g/mol. The van der Waals surface area contributed by atoms with Crippen molar-refractivity contribution in [3.05, 3.63) is 88.9 Å². The minimum Gasteiger partial charge on any atom is -0.454 e. The highest BCUT2D eigenvalue weighted by atomic mass is 79.9. The highest BCUT2D eigenvalue weighted by molar-refractivity contribution is 9.11. The SMILES string of the molecule is O=C(Nc1nn(Cc2ccc(Cl)cc2Cl)cc1Br)c1ccc(Cn2cc(Br)c([N+](=O)[O-])n2)o1. The number of carbonyl (C=O) groups is 1. The van der Waals surface area contributed by atoms with Crippen molar-refractivity contribution in [3.8, 4) is 0 Å². The number of hydrogen-bond acceptors (Lipinski definition) is 6. The van der Waals surface area contributed by atoms with Crippen LogP contribution in [0.1, 0.15) is 21.9 Å². The van der Waals surface area contributed by atoms with Gasteiger partial charge in [0.25, 0.3) is 5.91 Å². The summed E-state index contributed by atoms with van der Waals surface area (Å²) in [6.45, 7) is 0.487. The second kappa shape index (κ2) is 9.67. The smallest absolute Gasteiger partial charge is 0.404 e. The molecule has 0 saturated heterocycles. The first kappa shape index (κ1) is 23.5. The van der Waals surface area contributed by atoms with Gasteiger partial charge in [0, 0.05) is 16.2 Å². The number of nitrogens with zero attached hydrogens (tertiary/aromatic N) is 5. The van der Waals surface area contributed by atoms with Crippen LogP contribution in [-0.4, -0.2) is 30.4 Å². The molecule has 0 unspecified atom stereocenters.